The summed E-state index contributed by atoms with van der Waals surface area (Å²) >= 11 is 5.67. The van der Waals surface area contributed by atoms with E-state index in [1.807, 2.05) is 0 Å². The van der Waals surface area contributed by atoms with Crippen molar-refractivity contribution in [1.29, 1.82) is 0 Å². The van der Waals surface area contributed by atoms with Crippen molar-refractivity contribution in [2.24, 2.45) is 0 Å². The monoisotopic (exact) mass is 259 g/mol. The minimum Gasteiger partial charge on any atom is -0.313 e. The van der Waals surface area contributed by atoms with Crippen molar-refractivity contribution in [2.45, 2.75) is 30.5 Å². The van der Waals surface area contributed by atoms with Crippen LogP contribution in [0.5, 0.6) is 0 Å². The van der Waals surface area contributed by atoms with Gasteiger partial charge in [-0.25, -0.2) is 9.97 Å². The van der Waals surface area contributed by atoms with E-state index in [1.54, 1.807) is 0 Å². The first-order valence-corrected chi connectivity index (χ1v) is 7.05. The zero-order valence-electron chi connectivity index (χ0n) is 8.86. The van der Waals surface area contributed by atoms with Crippen LogP contribution in [0.1, 0.15) is 19.3 Å². The summed E-state index contributed by atoms with van der Waals surface area (Å²) < 4.78 is 11.9. The van der Waals surface area contributed by atoms with E-state index in [1.165, 1.54) is 25.2 Å². The van der Waals surface area contributed by atoms with E-state index in [0.29, 0.717) is 22.0 Å². The Balaban J connectivity index is 1.94. The van der Waals surface area contributed by atoms with Crippen LogP contribution in [0.15, 0.2) is 17.6 Å². The average Bonchev–Trinajstić information content (AvgIpc) is 2.31. The lowest BCUT2D eigenvalue weighted by atomic mass is 10.1. The van der Waals surface area contributed by atoms with Gasteiger partial charge in [-0.2, -0.15) is 0 Å². The Bertz CT molecular complexity index is 365. The fourth-order valence-electron chi connectivity index (χ4n) is 1.74. The quantitative estimate of drug-likeness (QED) is 0.834. The topological polar surface area (TPSA) is 54.9 Å². The lowest BCUT2D eigenvalue weighted by Crippen LogP contribution is -2.38. The number of hydrogen-bond donors (Lipinski definition) is 1. The summed E-state index contributed by atoms with van der Waals surface area (Å²) in [4.78, 5) is 7.95. The molecule has 1 saturated heterocycles. The molecule has 0 spiro atoms. The van der Waals surface area contributed by atoms with Crippen molar-refractivity contribution < 1.29 is 4.21 Å². The third-order valence-corrected chi connectivity index (χ3v) is 4.08. The standard InChI is InChI=1S/C10H14ClN3OS/c11-8-5-13-10(14-6-8)16(15)7-9-3-1-2-4-12-9/h5-6,9,12H,1-4,7H2. The minimum absolute atomic E-state index is 0.328. The molecule has 1 N–H and O–H groups in total. The van der Waals surface area contributed by atoms with E-state index in [9.17, 15) is 4.21 Å². The van der Waals surface area contributed by atoms with E-state index in [4.69, 9.17) is 11.6 Å². The Labute approximate surface area is 102 Å². The predicted octanol–water partition coefficient (Wildman–Crippen LogP) is 1.38. The van der Waals surface area contributed by atoms with Crippen LogP contribution >= 0.6 is 11.6 Å². The maximum absolute atomic E-state index is 11.9. The molecule has 2 heterocycles. The molecule has 0 aliphatic carbocycles. The van der Waals surface area contributed by atoms with E-state index in [0.717, 1.165) is 13.0 Å². The molecule has 2 atom stereocenters. The summed E-state index contributed by atoms with van der Waals surface area (Å²) in [5, 5.41) is 4.20. The first-order valence-electron chi connectivity index (χ1n) is 5.35. The molecule has 0 bridgehead atoms. The molecule has 2 unspecified atom stereocenters. The summed E-state index contributed by atoms with van der Waals surface area (Å²) in [6.07, 6.45) is 6.46. The first kappa shape index (κ1) is 12.0. The predicted molar refractivity (Wildman–Crippen MR) is 64.0 cm³/mol. The van der Waals surface area contributed by atoms with Crippen LogP contribution in [-0.4, -0.2) is 32.5 Å². The molecular weight excluding hydrogens is 246 g/mol. The van der Waals surface area contributed by atoms with E-state index in [2.05, 4.69) is 15.3 Å². The first-order chi connectivity index (χ1) is 7.75. The van der Waals surface area contributed by atoms with Crippen molar-refractivity contribution in [3.63, 3.8) is 0 Å². The Kier molecular flexibility index (Phi) is 4.26. The second-order valence-electron chi connectivity index (χ2n) is 3.84. The van der Waals surface area contributed by atoms with Gasteiger partial charge in [-0.1, -0.05) is 18.0 Å². The smallest absolute Gasteiger partial charge is 0.218 e. The van der Waals surface area contributed by atoms with Crippen LogP contribution in [0.4, 0.5) is 0 Å². The van der Waals surface area contributed by atoms with Crippen LogP contribution in [-0.2, 0) is 10.8 Å². The van der Waals surface area contributed by atoms with Gasteiger partial charge in [-0.15, -0.1) is 0 Å². The second kappa shape index (κ2) is 5.70. The van der Waals surface area contributed by atoms with Gasteiger partial charge in [-0.05, 0) is 19.4 Å². The van der Waals surface area contributed by atoms with Gasteiger partial charge < -0.3 is 5.32 Å². The third-order valence-electron chi connectivity index (χ3n) is 2.57. The van der Waals surface area contributed by atoms with Crippen molar-refractivity contribution >= 4 is 22.4 Å². The molecule has 1 aromatic rings. The van der Waals surface area contributed by atoms with E-state index >= 15 is 0 Å². The summed E-state index contributed by atoms with van der Waals surface area (Å²) in [7, 11) is -1.13. The van der Waals surface area contributed by atoms with Gasteiger partial charge in [0.2, 0.25) is 5.16 Å². The number of aromatic nitrogens is 2. The van der Waals surface area contributed by atoms with E-state index in [-0.39, 0.29) is 0 Å². The molecule has 0 saturated carbocycles. The molecule has 6 heteroatoms. The number of halogens is 1. The Morgan fingerprint density at radius 3 is 2.81 bits per heavy atom. The Morgan fingerprint density at radius 2 is 2.19 bits per heavy atom. The Hall–Kier alpha value is -0.520. The molecule has 0 radical (unpaired) electrons. The Morgan fingerprint density at radius 1 is 1.44 bits per heavy atom. The minimum atomic E-state index is -1.13. The fraction of sp³-hybridized carbons (Fsp3) is 0.600. The molecule has 1 fully saturated rings. The number of nitrogens with one attached hydrogen (secondary N) is 1. The van der Waals surface area contributed by atoms with Crippen LogP contribution < -0.4 is 5.32 Å². The maximum Gasteiger partial charge on any atom is 0.218 e. The highest BCUT2D eigenvalue weighted by Gasteiger charge is 2.17. The summed E-state index contributed by atoms with van der Waals surface area (Å²) in [6, 6.07) is 0.328. The van der Waals surface area contributed by atoms with Gasteiger partial charge in [0.25, 0.3) is 0 Å². The summed E-state index contributed by atoms with van der Waals surface area (Å²) in [6.45, 7) is 1.02. The number of rotatable bonds is 3. The molecule has 16 heavy (non-hydrogen) atoms. The van der Waals surface area contributed by atoms with Crippen molar-refractivity contribution in [3.05, 3.63) is 17.4 Å². The van der Waals surface area contributed by atoms with E-state index < -0.39 is 10.8 Å². The molecule has 0 amide bonds. The molecule has 1 aliphatic rings. The van der Waals surface area contributed by atoms with Crippen LogP contribution in [0.25, 0.3) is 0 Å². The average molecular weight is 260 g/mol. The lowest BCUT2D eigenvalue weighted by molar-refractivity contribution is 0.427. The third kappa shape index (κ3) is 3.23. The van der Waals surface area contributed by atoms with Crippen molar-refractivity contribution in [3.8, 4) is 0 Å². The van der Waals surface area contributed by atoms with Gasteiger partial charge in [0, 0.05) is 11.8 Å². The number of nitrogens with zero attached hydrogens (tertiary/aromatic N) is 2. The van der Waals surface area contributed by atoms with Crippen molar-refractivity contribution in [2.75, 3.05) is 12.3 Å². The van der Waals surface area contributed by atoms with Gasteiger partial charge in [0.15, 0.2) is 0 Å². The largest absolute Gasteiger partial charge is 0.313 e. The molecule has 4 nitrogen and oxygen atoms in total. The second-order valence-corrected chi connectivity index (χ2v) is 5.67. The molecule has 0 aromatic carbocycles. The SMILES string of the molecule is O=S(CC1CCCCN1)c1ncc(Cl)cn1. The number of piperidine rings is 1. The summed E-state index contributed by atoms with van der Waals surface area (Å²) in [5.74, 6) is 0.585. The fourth-order valence-corrected chi connectivity index (χ4v) is 2.98. The van der Waals surface area contributed by atoms with Gasteiger partial charge in [0.1, 0.15) is 0 Å². The molecular formula is C10H14ClN3OS. The maximum atomic E-state index is 11.9. The van der Waals surface area contributed by atoms with Crippen molar-refractivity contribution in [1.82, 2.24) is 15.3 Å². The molecule has 1 aromatic heterocycles. The van der Waals surface area contributed by atoms with Crippen LogP contribution in [0.3, 0.4) is 0 Å². The van der Waals surface area contributed by atoms with Gasteiger partial charge in [0.05, 0.1) is 28.2 Å². The molecule has 1 aliphatic heterocycles. The zero-order valence-corrected chi connectivity index (χ0v) is 10.4. The highest BCUT2D eigenvalue weighted by molar-refractivity contribution is 7.84. The zero-order chi connectivity index (χ0) is 11.4. The number of hydrogen-bond acceptors (Lipinski definition) is 4. The lowest BCUT2D eigenvalue weighted by Gasteiger charge is -2.22. The summed E-state index contributed by atoms with van der Waals surface area (Å²) in [5.41, 5.74) is 0. The van der Waals surface area contributed by atoms with Gasteiger partial charge >= 0.3 is 0 Å². The van der Waals surface area contributed by atoms with Gasteiger partial charge in [-0.3, -0.25) is 4.21 Å². The highest BCUT2D eigenvalue weighted by atomic mass is 35.5. The molecule has 2 rings (SSSR count). The normalized spacial score (nSPS) is 22.9. The highest BCUT2D eigenvalue weighted by Crippen LogP contribution is 2.11. The molecule has 88 valence electrons. The van der Waals surface area contributed by atoms with Crippen LogP contribution in [0, 0.1) is 0 Å². The van der Waals surface area contributed by atoms with Crippen LogP contribution in [0.2, 0.25) is 5.02 Å².